The number of benzene rings is 2. The van der Waals surface area contributed by atoms with Crippen LogP contribution in [0.2, 0.25) is 0 Å². The summed E-state index contributed by atoms with van der Waals surface area (Å²) in [6.07, 6.45) is -2.85. The van der Waals surface area contributed by atoms with Gasteiger partial charge in [0.2, 0.25) is 0 Å². The average molecular weight is 471 g/mol. The third-order valence-corrected chi connectivity index (χ3v) is 5.73. The summed E-state index contributed by atoms with van der Waals surface area (Å²) in [7, 11) is 0. The molecule has 0 saturated carbocycles. The molecule has 9 heteroatoms. The van der Waals surface area contributed by atoms with Gasteiger partial charge in [-0.05, 0) is 59.9 Å². The van der Waals surface area contributed by atoms with Crippen molar-refractivity contribution in [3.63, 3.8) is 0 Å². The smallest absolute Gasteiger partial charge is 0.394 e. The summed E-state index contributed by atoms with van der Waals surface area (Å²) in [5.41, 5.74) is 2.88. The van der Waals surface area contributed by atoms with Crippen molar-refractivity contribution in [2.75, 3.05) is 24.6 Å². The second-order valence-electron chi connectivity index (χ2n) is 8.15. The van der Waals surface area contributed by atoms with Crippen molar-refractivity contribution in [2.24, 2.45) is 0 Å². The topological polar surface area (TPSA) is 85.7 Å². The standard InChI is InChI=1S/C25H24F3N3O3/c26-25(27,28)18-4-1-3-16(12-18)11-17-7-9-29-23(13-17)31-10-8-20-21(5-2-6-22(20)31)24(34)30-14-19(33)15-32/h1-7,9,12-13,19,32-33H,8,10-11,14-15H2,(H,30,34). The zero-order valence-corrected chi connectivity index (χ0v) is 18.2. The van der Waals surface area contributed by atoms with E-state index in [1.165, 1.54) is 6.07 Å². The van der Waals surface area contributed by atoms with Gasteiger partial charge in [0.25, 0.3) is 5.91 Å². The molecule has 1 atom stereocenters. The number of carbonyl (C=O) groups is 1. The Bertz CT molecular complexity index is 1180. The van der Waals surface area contributed by atoms with Crippen LogP contribution in [0, 0.1) is 0 Å². The van der Waals surface area contributed by atoms with Crippen molar-refractivity contribution in [3.8, 4) is 0 Å². The van der Waals surface area contributed by atoms with Crippen LogP contribution < -0.4 is 10.2 Å². The Kier molecular flexibility index (Phi) is 6.85. The molecule has 1 unspecified atom stereocenters. The van der Waals surface area contributed by atoms with E-state index in [1.807, 2.05) is 17.0 Å². The Labute approximate surface area is 194 Å². The number of nitrogens with zero attached hydrogens (tertiary/aromatic N) is 2. The lowest BCUT2D eigenvalue weighted by atomic mass is 10.0. The maximum atomic E-state index is 13.0. The third-order valence-electron chi connectivity index (χ3n) is 5.73. The van der Waals surface area contributed by atoms with Crippen molar-refractivity contribution in [1.29, 1.82) is 0 Å². The van der Waals surface area contributed by atoms with Crippen LogP contribution in [0.5, 0.6) is 0 Å². The van der Waals surface area contributed by atoms with E-state index in [2.05, 4.69) is 10.3 Å². The Hall–Kier alpha value is -3.43. The lowest BCUT2D eigenvalue weighted by molar-refractivity contribution is -0.137. The molecule has 4 rings (SSSR count). The number of alkyl halides is 3. The summed E-state index contributed by atoms with van der Waals surface area (Å²) in [5, 5.41) is 21.0. The van der Waals surface area contributed by atoms with Gasteiger partial charge in [0.15, 0.2) is 0 Å². The number of hydrogen-bond donors (Lipinski definition) is 3. The normalized spacial score (nSPS) is 14.1. The van der Waals surface area contributed by atoms with Gasteiger partial charge >= 0.3 is 6.18 Å². The number of anilines is 2. The molecule has 6 nitrogen and oxygen atoms in total. The molecular weight excluding hydrogens is 447 g/mol. The van der Waals surface area contributed by atoms with Gasteiger partial charge in [-0.15, -0.1) is 0 Å². The molecule has 0 aliphatic carbocycles. The van der Waals surface area contributed by atoms with E-state index in [0.29, 0.717) is 36.3 Å². The number of aromatic nitrogens is 1. The number of rotatable bonds is 7. The number of fused-ring (bicyclic) bond motifs is 1. The van der Waals surface area contributed by atoms with Gasteiger partial charge < -0.3 is 20.4 Å². The van der Waals surface area contributed by atoms with Gasteiger partial charge in [-0.2, -0.15) is 13.2 Å². The first-order valence-corrected chi connectivity index (χ1v) is 10.8. The number of carbonyl (C=O) groups excluding carboxylic acids is 1. The number of aliphatic hydroxyl groups is 2. The maximum absolute atomic E-state index is 13.0. The van der Waals surface area contributed by atoms with Gasteiger partial charge in [-0.1, -0.05) is 24.3 Å². The summed E-state index contributed by atoms with van der Waals surface area (Å²) < 4.78 is 39.1. The minimum Gasteiger partial charge on any atom is -0.394 e. The van der Waals surface area contributed by atoms with Gasteiger partial charge in [-0.25, -0.2) is 4.98 Å². The fraction of sp³-hybridized carbons (Fsp3) is 0.280. The lowest BCUT2D eigenvalue weighted by Gasteiger charge is -2.19. The quantitative estimate of drug-likeness (QED) is 0.492. The average Bonchev–Trinajstić information content (AvgIpc) is 3.26. The summed E-state index contributed by atoms with van der Waals surface area (Å²) in [4.78, 5) is 19.0. The highest BCUT2D eigenvalue weighted by Gasteiger charge is 2.30. The molecule has 0 radical (unpaired) electrons. The van der Waals surface area contributed by atoms with Crippen LogP contribution in [0.4, 0.5) is 24.7 Å². The highest BCUT2D eigenvalue weighted by atomic mass is 19.4. The number of hydrogen-bond acceptors (Lipinski definition) is 5. The fourth-order valence-electron chi connectivity index (χ4n) is 4.07. The van der Waals surface area contributed by atoms with Crippen LogP contribution in [-0.4, -0.2) is 46.9 Å². The first kappa shape index (κ1) is 23.7. The molecule has 0 bridgehead atoms. The number of nitrogens with one attached hydrogen (secondary N) is 1. The van der Waals surface area contributed by atoms with E-state index in [4.69, 9.17) is 5.11 Å². The monoisotopic (exact) mass is 471 g/mol. The zero-order chi connectivity index (χ0) is 24.3. The molecule has 1 amide bonds. The van der Waals surface area contributed by atoms with Gasteiger partial charge in [-0.3, -0.25) is 4.79 Å². The second-order valence-corrected chi connectivity index (χ2v) is 8.15. The van der Waals surface area contributed by atoms with Gasteiger partial charge in [0.1, 0.15) is 5.82 Å². The summed E-state index contributed by atoms with van der Waals surface area (Å²) in [5.74, 6) is 0.314. The highest BCUT2D eigenvalue weighted by Crippen LogP contribution is 2.36. The van der Waals surface area contributed by atoms with Gasteiger partial charge in [0, 0.05) is 30.5 Å². The van der Waals surface area contributed by atoms with E-state index in [-0.39, 0.29) is 12.5 Å². The molecule has 178 valence electrons. The largest absolute Gasteiger partial charge is 0.416 e. The fourth-order valence-corrected chi connectivity index (χ4v) is 4.07. The molecule has 1 aliphatic rings. The predicted molar refractivity (Wildman–Crippen MR) is 121 cm³/mol. The molecular formula is C25H24F3N3O3. The first-order valence-electron chi connectivity index (χ1n) is 10.8. The van der Waals surface area contributed by atoms with Crippen LogP contribution >= 0.6 is 0 Å². The van der Waals surface area contributed by atoms with Crippen LogP contribution in [0.25, 0.3) is 0 Å². The molecule has 1 aliphatic heterocycles. The SMILES string of the molecule is O=C(NCC(O)CO)c1cccc2c1CCN2c1cc(Cc2cccc(C(F)(F)F)c2)ccn1. The van der Waals surface area contributed by atoms with Crippen LogP contribution in [0.1, 0.15) is 32.6 Å². The molecule has 2 heterocycles. The molecule has 3 aromatic rings. The first-order chi connectivity index (χ1) is 16.3. The van der Waals surface area contributed by atoms with E-state index >= 15 is 0 Å². The minimum absolute atomic E-state index is 0.0537. The molecule has 34 heavy (non-hydrogen) atoms. The molecule has 3 N–H and O–H groups in total. The minimum atomic E-state index is -4.39. The van der Waals surface area contributed by atoms with Gasteiger partial charge in [0.05, 0.1) is 18.3 Å². The van der Waals surface area contributed by atoms with E-state index in [9.17, 15) is 23.1 Å². The van der Waals surface area contributed by atoms with E-state index < -0.39 is 24.5 Å². The Morgan fingerprint density at radius 2 is 1.88 bits per heavy atom. The van der Waals surface area contributed by atoms with Crippen molar-refractivity contribution >= 4 is 17.4 Å². The Balaban J connectivity index is 1.55. The molecule has 2 aromatic carbocycles. The van der Waals surface area contributed by atoms with Crippen molar-refractivity contribution < 1.29 is 28.2 Å². The van der Waals surface area contributed by atoms with Crippen LogP contribution in [-0.2, 0) is 19.0 Å². The van der Waals surface area contributed by atoms with Crippen LogP contribution in [0.15, 0.2) is 60.8 Å². The second kappa shape index (κ2) is 9.82. The molecule has 0 fully saturated rings. The summed E-state index contributed by atoms with van der Waals surface area (Å²) in [6.45, 7) is 0.101. The van der Waals surface area contributed by atoms with E-state index in [0.717, 1.165) is 28.9 Å². The number of pyridine rings is 1. The highest BCUT2D eigenvalue weighted by molar-refractivity contribution is 5.98. The number of halogens is 3. The van der Waals surface area contributed by atoms with Crippen molar-refractivity contribution in [3.05, 3.63) is 88.6 Å². The maximum Gasteiger partial charge on any atom is 0.416 e. The molecule has 0 saturated heterocycles. The summed E-state index contributed by atoms with van der Waals surface area (Å²) in [6, 6.07) is 14.3. The number of amides is 1. The number of aliphatic hydroxyl groups excluding tert-OH is 2. The zero-order valence-electron chi connectivity index (χ0n) is 18.2. The van der Waals surface area contributed by atoms with Crippen molar-refractivity contribution in [1.82, 2.24) is 10.3 Å². The van der Waals surface area contributed by atoms with E-state index in [1.54, 1.807) is 30.5 Å². The van der Waals surface area contributed by atoms with Crippen LogP contribution in [0.3, 0.4) is 0 Å². The lowest BCUT2D eigenvalue weighted by Crippen LogP contribution is -2.34. The van der Waals surface area contributed by atoms with Crippen molar-refractivity contribution in [2.45, 2.75) is 25.1 Å². The summed E-state index contributed by atoms with van der Waals surface area (Å²) >= 11 is 0. The Morgan fingerprint density at radius 3 is 2.65 bits per heavy atom. The molecule has 1 aromatic heterocycles. The Morgan fingerprint density at radius 1 is 1.12 bits per heavy atom. The molecule has 0 spiro atoms. The predicted octanol–water partition coefficient (Wildman–Crippen LogP) is 3.47. The third kappa shape index (κ3) is 5.21.